The maximum atomic E-state index is 14.5. The number of anilines is 1. The smallest absolute Gasteiger partial charge is 0.394 e. The lowest BCUT2D eigenvalue weighted by Gasteiger charge is -2.43. The molecule has 11 heteroatoms. The number of likely N-dealkylation sites (tertiary alicyclic amines) is 1. The van der Waals surface area contributed by atoms with Crippen LogP contribution in [0, 0.1) is 12.8 Å². The third-order valence-electron chi connectivity index (χ3n) is 6.06. The summed E-state index contributed by atoms with van der Waals surface area (Å²) in [6.45, 7) is 2.65. The number of alkyl halides is 5. The van der Waals surface area contributed by atoms with Crippen molar-refractivity contribution in [2.75, 3.05) is 25.5 Å². The first kappa shape index (κ1) is 27.1. The van der Waals surface area contributed by atoms with Crippen LogP contribution in [0.2, 0.25) is 0 Å². The normalized spacial score (nSPS) is 20.8. The molecular weight excluding hydrogens is 481 g/mol. The van der Waals surface area contributed by atoms with Crippen molar-refractivity contribution in [1.29, 1.82) is 0 Å². The molecule has 0 saturated carbocycles. The van der Waals surface area contributed by atoms with Gasteiger partial charge in [-0.25, -0.2) is 13.8 Å². The fraction of sp³-hybridized carbons (Fsp3) is 0.400. The second-order valence-corrected chi connectivity index (χ2v) is 8.93. The van der Waals surface area contributed by atoms with Crippen molar-refractivity contribution < 1.29 is 26.7 Å². The predicted octanol–water partition coefficient (Wildman–Crippen LogP) is 4.76. The van der Waals surface area contributed by atoms with Gasteiger partial charge >= 0.3 is 6.18 Å². The van der Waals surface area contributed by atoms with Gasteiger partial charge in [-0.2, -0.15) is 13.2 Å². The number of nitrogens with one attached hydrogen (secondary N) is 1. The zero-order chi connectivity index (χ0) is 26.7. The Kier molecular flexibility index (Phi) is 8.00. The van der Waals surface area contributed by atoms with Gasteiger partial charge in [0, 0.05) is 38.0 Å². The number of hydrogen-bond donors (Lipinski definition) is 2. The molecule has 2 atom stereocenters. The van der Waals surface area contributed by atoms with E-state index in [1.54, 1.807) is 19.1 Å². The Bertz CT molecular complexity index is 1130. The number of nitrogens with two attached hydrogens (primary N) is 1. The van der Waals surface area contributed by atoms with Crippen LogP contribution in [0.25, 0.3) is 5.57 Å². The van der Waals surface area contributed by atoms with Crippen molar-refractivity contribution in [2.45, 2.75) is 38.4 Å². The highest BCUT2D eigenvalue weighted by molar-refractivity contribution is 6.18. The number of aryl methyl sites for hydroxylation is 1. The Labute approximate surface area is 206 Å². The maximum Gasteiger partial charge on any atom is 0.417 e. The molecule has 0 spiro atoms. The van der Waals surface area contributed by atoms with Crippen molar-refractivity contribution in [2.24, 2.45) is 16.6 Å². The highest BCUT2D eigenvalue weighted by Gasteiger charge is 2.46. The minimum absolute atomic E-state index is 0.00361. The van der Waals surface area contributed by atoms with Gasteiger partial charge < -0.3 is 16.0 Å². The molecule has 36 heavy (non-hydrogen) atoms. The van der Waals surface area contributed by atoms with Gasteiger partial charge in [0.05, 0.1) is 18.2 Å². The molecule has 1 amide bonds. The number of allylic oxidation sites excluding steroid dienone is 1. The van der Waals surface area contributed by atoms with Crippen LogP contribution in [0.4, 0.5) is 27.8 Å². The fourth-order valence-corrected chi connectivity index (χ4v) is 4.19. The van der Waals surface area contributed by atoms with E-state index in [4.69, 9.17) is 5.73 Å². The van der Waals surface area contributed by atoms with E-state index in [0.29, 0.717) is 17.3 Å². The average Bonchev–Trinajstić information content (AvgIpc) is 2.80. The Morgan fingerprint density at radius 2 is 1.92 bits per heavy atom. The van der Waals surface area contributed by atoms with Gasteiger partial charge in [-0.05, 0) is 30.5 Å². The lowest BCUT2D eigenvalue weighted by molar-refractivity contribution is -0.148. The van der Waals surface area contributed by atoms with Crippen LogP contribution < -0.4 is 11.1 Å². The molecule has 1 saturated heterocycles. The van der Waals surface area contributed by atoms with E-state index >= 15 is 0 Å². The van der Waals surface area contributed by atoms with Crippen LogP contribution in [0.1, 0.15) is 30.0 Å². The topological polar surface area (TPSA) is 83.6 Å². The number of benzene rings is 1. The molecule has 6 nitrogen and oxygen atoms in total. The number of carbonyl (C=O) groups is 1. The minimum Gasteiger partial charge on any atom is -0.394 e. The van der Waals surface area contributed by atoms with Gasteiger partial charge in [0.2, 0.25) is 0 Å². The van der Waals surface area contributed by atoms with Gasteiger partial charge in [-0.1, -0.05) is 36.8 Å². The average molecular weight is 510 g/mol. The van der Waals surface area contributed by atoms with Crippen LogP contribution in [-0.2, 0) is 11.0 Å². The molecule has 3 rings (SSSR count). The lowest BCUT2D eigenvalue weighted by atomic mass is 9.88. The van der Waals surface area contributed by atoms with Crippen molar-refractivity contribution in [3.05, 3.63) is 65.0 Å². The number of piperidine rings is 1. The van der Waals surface area contributed by atoms with Crippen LogP contribution in [-0.4, -0.2) is 54.1 Å². The monoisotopic (exact) mass is 509 g/mol. The third-order valence-corrected chi connectivity index (χ3v) is 6.06. The molecule has 3 N–H and O–H groups in total. The Morgan fingerprint density at radius 1 is 1.25 bits per heavy atom. The zero-order valence-corrected chi connectivity index (χ0v) is 20.1. The Balaban J connectivity index is 1.89. The third kappa shape index (κ3) is 6.38. The summed E-state index contributed by atoms with van der Waals surface area (Å²) in [5.74, 6) is -4.40. The number of carbonyl (C=O) groups excluding carboxylic acids is 1. The van der Waals surface area contributed by atoms with E-state index in [0.717, 1.165) is 22.6 Å². The van der Waals surface area contributed by atoms with Crippen LogP contribution in [0.15, 0.2) is 53.3 Å². The molecule has 1 aromatic carbocycles. The molecule has 2 unspecified atom stereocenters. The molecule has 1 aliphatic heterocycles. The molecule has 1 aromatic heterocycles. The number of rotatable bonds is 6. The number of amides is 1. The first-order valence-corrected chi connectivity index (χ1v) is 11.3. The lowest BCUT2D eigenvalue weighted by Crippen LogP contribution is -2.58. The molecule has 1 fully saturated rings. The molecule has 0 aliphatic carbocycles. The van der Waals surface area contributed by atoms with E-state index in [9.17, 15) is 26.7 Å². The first-order valence-electron chi connectivity index (χ1n) is 11.3. The molecule has 2 aromatic rings. The highest BCUT2D eigenvalue weighted by Crippen LogP contribution is 2.35. The zero-order valence-electron chi connectivity index (χ0n) is 20.1. The quantitative estimate of drug-likeness (QED) is 0.334. The van der Waals surface area contributed by atoms with E-state index in [1.807, 2.05) is 19.1 Å². The van der Waals surface area contributed by atoms with Gasteiger partial charge in [0.15, 0.2) is 0 Å². The summed E-state index contributed by atoms with van der Waals surface area (Å²) in [7, 11) is 1.51. The summed E-state index contributed by atoms with van der Waals surface area (Å²) >= 11 is 0. The number of halogens is 5. The molecule has 1 aliphatic rings. The molecule has 0 radical (unpaired) electrons. The second kappa shape index (κ2) is 10.6. The van der Waals surface area contributed by atoms with Crippen LogP contribution in [0.3, 0.4) is 0 Å². The predicted molar refractivity (Wildman–Crippen MR) is 129 cm³/mol. The molecule has 0 bridgehead atoms. The maximum absolute atomic E-state index is 14.5. The Hall–Kier alpha value is -3.50. The summed E-state index contributed by atoms with van der Waals surface area (Å²) in [5.41, 5.74) is 6.99. The summed E-state index contributed by atoms with van der Waals surface area (Å²) in [6.07, 6.45) is -2.89. The SMILES string of the molecule is CN=CC(=C(N)C(=O)N1CC(F)(F)CC(C)C1CNc1ccc(C(F)(F)F)cn1)c1ccc(C)cc1. The highest BCUT2D eigenvalue weighted by atomic mass is 19.4. The van der Waals surface area contributed by atoms with Crippen molar-refractivity contribution >= 4 is 23.5 Å². The number of pyridine rings is 1. The largest absolute Gasteiger partial charge is 0.417 e. The summed E-state index contributed by atoms with van der Waals surface area (Å²) in [4.78, 5) is 22.2. The van der Waals surface area contributed by atoms with E-state index in [2.05, 4.69) is 15.3 Å². The standard InChI is InChI=1S/C25H28F5N5O/c1-15-4-6-17(7-5-15)19(12-32-3)22(31)23(36)35-14-24(26,27)10-16(2)20(35)13-34-21-9-8-18(11-33-21)25(28,29)30/h4-9,11-12,16,20H,10,13-14,31H2,1-3H3,(H,33,34). The summed E-state index contributed by atoms with van der Waals surface area (Å²) < 4.78 is 67.4. The second-order valence-electron chi connectivity index (χ2n) is 8.93. The van der Waals surface area contributed by atoms with Gasteiger partial charge in [0.1, 0.15) is 11.5 Å². The molecule has 194 valence electrons. The number of aromatic nitrogens is 1. The van der Waals surface area contributed by atoms with E-state index < -0.39 is 48.5 Å². The summed E-state index contributed by atoms with van der Waals surface area (Å²) in [6, 6.07) is 8.49. The number of aliphatic imine (C=N–C) groups is 1. The van der Waals surface area contributed by atoms with Crippen molar-refractivity contribution in [1.82, 2.24) is 9.88 Å². The Morgan fingerprint density at radius 3 is 2.47 bits per heavy atom. The van der Waals surface area contributed by atoms with Crippen molar-refractivity contribution in [3.8, 4) is 0 Å². The van der Waals surface area contributed by atoms with Crippen LogP contribution in [0.5, 0.6) is 0 Å². The van der Waals surface area contributed by atoms with Gasteiger partial charge in [0.25, 0.3) is 11.8 Å². The number of nitrogens with zero attached hydrogens (tertiary/aromatic N) is 3. The van der Waals surface area contributed by atoms with E-state index in [-0.39, 0.29) is 18.1 Å². The van der Waals surface area contributed by atoms with Crippen LogP contribution >= 0.6 is 0 Å². The molecule has 2 heterocycles. The van der Waals surface area contributed by atoms with Gasteiger partial charge in [-0.3, -0.25) is 9.79 Å². The summed E-state index contributed by atoms with van der Waals surface area (Å²) in [5, 5.41) is 2.87. The fourth-order valence-electron chi connectivity index (χ4n) is 4.19. The van der Waals surface area contributed by atoms with Crippen molar-refractivity contribution in [3.63, 3.8) is 0 Å². The van der Waals surface area contributed by atoms with Gasteiger partial charge in [-0.15, -0.1) is 0 Å². The number of hydrogen-bond acceptors (Lipinski definition) is 5. The van der Waals surface area contributed by atoms with E-state index in [1.165, 1.54) is 13.3 Å². The molecular formula is C25H28F5N5O. The first-order chi connectivity index (χ1) is 16.8. The minimum atomic E-state index is -4.53.